The molecule has 1 amide bonds. The molecule has 1 aliphatic rings. The number of esters is 1. The van der Waals surface area contributed by atoms with Gasteiger partial charge in [-0.1, -0.05) is 71.9 Å². The summed E-state index contributed by atoms with van der Waals surface area (Å²) < 4.78 is 7.40. The number of aryl methyl sites for hydroxylation is 1. The lowest BCUT2D eigenvalue weighted by Crippen LogP contribution is -2.38. The van der Waals surface area contributed by atoms with E-state index < -0.39 is 5.97 Å². The number of ether oxygens (including phenoxy) is 1. The summed E-state index contributed by atoms with van der Waals surface area (Å²) in [6.45, 7) is 0.973. The maximum atomic E-state index is 12.8. The molecule has 0 spiro atoms. The fraction of sp³-hybridized carbons (Fsp3) is 0.222. The zero-order chi connectivity index (χ0) is 24.2. The molecule has 2 heterocycles. The number of rotatable bonds is 7. The molecule has 0 N–H and O–H groups in total. The van der Waals surface area contributed by atoms with Crippen LogP contribution in [0.2, 0.25) is 5.02 Å². The first-order valence-corrected chi connectivity index (χ1v) is 12.8. The van der Waals surface area contributed by atoms with E-state index in [9.17, 15) is 9.59 Å². The van der Waals surface area contributed by atoms with Gasteiger partial charge in [0, 0.05) is 17.3 Å². The molecular weight excluding hydrogens is 482 g/mol. The van der Waals surface area contributed by atoms with Crippen molar-refractivity contribution < 1.29 is 14.3 Å². The Hall–Kier alpha value is -3.29. The number of benzene rings is 3. The zero-order valence-electron chi connectivity index (χ0n) is 19.0. The summed E-state index contributed by atoms with van der Waals surface area (Å²) in [6.07, 6.45) is 1.85. The summed E-state index contributed by atoms with van der Waals surface area (Å²) in [5.74, 6) is -0.609. The molecule has 0 unspecified atom stereocenters. The largest absolute Gasteiger partial charge is 0.455 e. The van der Waals surface area contributed by atoms with Crippen molar-refractivity contribution in [3.63, 3.8) is 0 Å². The van der Waals surface area contributed by atoms with Gasteiger partial charge in [0.15, 0.2) is 11.8 Å². The van der Waals surface area contributed by atoms with Crippen LogP contribution in [0.4, 0.5) is 5.69 Å². The van der Waals surface area contributed by atoms with Crippen LogP contribution in [0.15, 0.2) is 78.0 Å². The van der Waals surface area contributed by atoms with Crippen molar-refractivity contribution in [1.29, 1.82) is 0 Å². The van der Waals surface area contributed by atoms with Crippen molar-refractivity contribution in [2.45, 2.75) is 24.5 Å². The lowest BCUT2D eigenvalue weighted by molar-refractivity contribution is -0.145. The van der Waals surface area contributed by atoms with Crippen LogP contribution in [-0.4, -0.2) is 40.3 Å². The Morgan fingerprint density at radius 2 is 1.83 bits per heavy atom. The quantitative estimate of drug-likeness (QED) is 0.250. The van der Waals surface area contributed by atoms with E-state index in [1.54, 1.807) is 4.90 Å². The van der Waals surface area contributed by atoms with Gasteiger partial charge in [-0.15, -0.1) is 0 Å². The number of nitrogens with zero attached hydrogens (tertiary/aromatic N) is 3. The van der Waals surface area contributed by atoms with Crippen LogP contribution in [0, 0.1) is 0 Å². The van der Waals surface area contributed by atoms with Gasteiger partial charge in [-0.3, -0.25) is 9.59 Å². The first kappa shape index (κ1) is 23.5. The van der Waals surface area contributed by atoms with Gasteiger partial charge in [0.05, 0.1) is 23.3 Å². The van der Waals surface area contributed by atoms with Crippen molar-refractivity contribution in [3.05, 3.63) is 88.9 Å². The van der Waals surface area contributed by atoms with E-state index in [0.717, 1.165) is 40.7 Å². The summed E-state index contributed by atoms with van der Waals surface area (Å²) in [4.78, 5) is 31.7. The second kappa shape index (κ2) is 10.5. The van der Waals surface area contributed by atoms with Crippen LogP contribution in [0.25, 0.3) is 11.0 Å². The van der Waals surface area contributed by atoms with E-state index in [1.807, 2.05) is 60.7 Å². The van der Waals surface area contributed by atoms with E-state index in [4.69, 9.17) is 21.3 Å². The molecule has 0 radical (unpaired) electrons. The second-order valence-corrected chi connectivity index (χ2v) is 9.71. The van der Waals surface area contributed by atoms with Crippen LogP contribution in [0.3, 0.4) is 0 Å². The van der Waals surface area contributed by atoms with Gasteiger partial charge in [0.1, 0.15) is 0 Å². The van der Waals surface area contributed by atoms with Gasteiger partial charge < -0.3 is 14.2 Å². The summed E-state index contributed by atoms with van der Waals surface area (Å²) in [5, 5.41) is 1.30. The Bertz CT molecular complexity index is 1370. The van der Waals surface area contributed by atoms with Crippen molar-refractivity contribution in [2.75, 3.05) is 23.8 Å². The SMILES string of the molecule is O=C(CSc1nc2cc(Cl)ccc2n1Cc1ccccc1)OCC(=O)N1CCCc2ccccc21. The van der Waals surface area contributed by atoms with Crippen LogP contribution in [0.5, 0.6) is 0 Å². The minimum atomic E-state index is -0.454. The molecule has 6 nitrogen and oxygen atoms in total. The van der Waals surface area contributed by atoms with Gasteiger partial charge in [-0.05, 0) is 48.2 Å². The van der Waals surface area contributed by atoms with Crippen LogP contribution in [-0.2, 0) is 27.3 Å². The summed E-state index contributed by atoms with van der Waals surface area (Å²) in [7, 11) is 0. The van der Waals surface area contributed by atoms with E-state index in [2.05, 4.69) is 16.7 Å². The fourth-order valence-electron chi connectivity index (χ4n) is 4.29. The predicted octanol–water partition coefficient (Wildman–Crippen LogP) is 5.35. The number of anilines is 1. The molecule has 1 aromatic heterocycles. The molecule has 0 aliphatic carbocycles. The topological polar surface area (TPSA) is 64.4 Å². The third kappa shape index (κ3) is 5.36. The van der Waals surface area contributed by atoms with Gasteiger partial charge in [-0.2, -0.15) is 0 Å². The number of hydrogen-bond acceptors (Lipinski definition) is 5. The van der Waals surface area contributed by atoms with E-state index >= 15 is 0 Å². The molecule has 8 heteroatoms. The van der Waals surface area contributed by atoms with Crippen LogP contribution in [0.1, 0.15) is 17.5 Å². The highest BCUT2D eigenvalue weighted by atomic mass is 35.5. The molecule has 1 aliphatic heterocycles. The minimum absolute atomic E-state index is 0.0513. The minimum Gasteiger partial charge on any atom is -0.455 e. The second-order valence-electron chi connectivity index (χ2n) is 8.33. The number of para-hydroxylation sites is 1. The number of hydrogen-bond donors (Lipinski definition) is 0. The van der Waals surface area contributed by atoms with Crippen molar-refractivity contribution in [2.24, 2.45) is 0 Å². The van der Waals surface area contributed by atoms with Crippen molar-refractivity contribution >= 4 is 52.0 Å². The Morgan fingerprint density at radius 3 is 2.69 bits per heavy atom. The summed E-state index contributed by atoms with van der Waals surface area (Å²) in [5.41, 5.74) is 4.88. The van der Waals surface area contributed by atoms with Crippen molar-refractivity contribution in [3.8, 4) is 0 Å². The first-order valence-electron chi connectivity index (χ1n) is 11.4. The third-order valence-corrected chi connectivity index (χ3v) is 7.13. The molecule has 0 bridgehead atoms. The monoisotopic (exact) mass is 505 g/mol. The average molecular weight is 506 g/mol. The van der Waals surface area contributed by atoms with Gasteiger partial charge in [0.2, 0.25) is 0 Å². The van der Waals surface area contributed by atoms with E-state index in [1.165, 1.54) is 11.8 Å². The maximum absolute atomic E-state index is 12.8. The lowest BCUT2D eigenvalue weighted by Gasteiger charge is -2.29. The highest BCUT2D eigenvalue weighted by Crippen LogP contribution is 2.28. The molecule has 178 valence electrons. The fourth-order valence-corrected chi connectivity index (χ4v) is 5.27. The maximum Gasteiger partial charge on any atom is 0.316 e. The zero-order valence-corrected chi connectivity index (χ0v) is 20.6. The van der Waals surface area contributed by atoms with Crippen LogP contribution < -0.4 is 4.90 Å². The van der Waals surface area contributed by atoms with E-state index in [0.29, 0.717) is 23.3 Å². The highest BCUT2D eigenvalue weighted by molar-refractivity contribution is 7.99. The summed E-state index contributed by atoms with van der Waals surface area (Å²) >= 11 is 7.46. The lowest BCUT2D eigenvalue weighted by atomic mass is 10.0. The Balaban J connectivity index is 1.24. The average Bonchev–Trinajstić information content (AvgIpc) is 3.22. The summed E-state index contributed by atoms with van der Waals surface area (Å²) in [6, 6.07) is 23.5. The van der Waals surface area contributed by atoms with Gasteiger partial charge >= 0.3 is 5.97 Å². The van der Waals surface area contributed by atoms with Crippen molar-refractivity contribution in [1.82, 2.24) is 9.55 Å². The predicted molar refractivity (Wildman–Crippen MR) is 139 cm³/mol. The standard InChI is InChI=1S/C27H24ClN3O3S/c28-21-12-13-24-22(15-21)29-27(31(24)16-19-7-2-1-3-8-19)35-18-26(33)34-17-25(32)30-14-6-10-20-9-4-5-11-23(20)30/h1-5,7-9,11-13,15H,6,10,14,16-18H2. The Labute approximate surface area is 212 Å². The molecule has 0 saturated heterocycles. The number of carbonyl (C=O) groups excluding carboxylic acids is 2. The number of thioether (sulfide) groups is 1. The number of amides is 1. The molecule has 0 saturated carbocycles. The van der Waals surface area contributed by atoms with Gasteiger partial charge in [-0.25, -0.2) is 4.98 Å². The number of carbonyl (C=O) groups is 2. The number of aromatic nitrogens is 2. The molecule has 4 aromatic rings. The molecule has 3 aromatic carbocycles. The third-order valence-electron chi connectivity index (χ3n) is 5.95. The smallest absolute Gasteiger partial charge is 0.316 e. The number of fused-ring (bicyclic) bond motifs is 2. The number of halogens is 1. The Morgan fingerprint density at radius 1 is 1.03 bits per heavy atom. The molecule has 5 rings (SSSR count). The van der Waals surface area contributed by atoms with Crippen LogP contribution >= 0.6 is 23.4 Å². The number of imidazole rings is 1. The van der Waals surface area contributed by atoms with E-state index in [-0.39, 0.29) is 18.3 Å². The molecule has 35 heavy (non-hydrogen) atoms. The highest BCUT2D eigenvalue weighted by Gasteiger charge is 2.23. The van der Waals surface area contributed by atoms with Gasteiger partial charge in [0.25, 0.3) is 5.91 Å². The Kier molecular flexibility index (Phi) is 7.06. The molecule has 0 atom stereocenters. The normalized spacial score (nSPS) is 13.0. The molecule has 0 fully saturated rings. The first-order chi connectivity index (χ1) is 17.1. The molecular formula is C27H24ClN3O3S.